The highest BCUT2D eigenvalue weighted by Gasteiger charge is 2.17. The van der Waals surface area contributed by atoms with Crippen LogP contribution in [0.15, 0.2) is 72.8 Å². The van der Waals surface area contributed by atoms with E-state index in [-0.39, 0.29) is 12.6 Å². The molecular formula is C31H31ClN6O3. The Labute approximate surface area is 243 Å². The minimum Gasteiger partial charge on any atom is -0.465 e. The van der Waals surface area contributed by atoms with Crippen molar-refractivity contribution >= 4 is 17.6 Å². The lowest BCUT2D eigenvalue weighted by molar-refractivity contribution is 0.0600. The molecular weight excluding hydrogens is 540 g/mol. The number of imidazole rings is 1. The molecule has 9 nitrogen and oxygen atoms in total. The van der Waals surface area contributed by atoms with Crippen molar-refractivity contribution in [3.05, 3.63) is 106 Å². The van der Waals surface area contributed by atoms with E-state index in [1.54, 1.807) is 12.1 Å². The van der Waals surface area contributed by atoms with E-state index in [0.29, 0.717) is 29.7 Å². The number of carbonyl (C=O) groups is 1. The molecule has 2 aromatic heterocycles. The summed E-state index contributed by atoms with van der Waals surface area (Å²) in [5.41, 5.74) is 6.30. The lowest BCUT2D eigenvalue weighted by Crippen LogP contribution is -2.10. The van der Waals surface area contributed by atoms with Gasteiger partial charge in [0.25, 0.3) is 0 Å². The Morgan fingerprint density at radius 1 is 0.976 bits per heavy atom. The molecule has 5 aromatic rings. The lowest BCUT2D eigenvalue weighted by Gasteiger charge is -2.14. The zero-order valence-corrected chi connectivity index (χ0v) is 23.8. The molecule has 0 spiro atoms. The first-order chi connectivity index (χ1) is 20.1. The van der Waals surface area contributed by atoms with Crippen LogP contribution in [0.5, 0.6) is 0 Å². The van der Waals surface area contributed by atoms with Crippen LogP contribution in [0.1, 0.15) is 52.8 Å². The van der Waals surface area contributed by atoms with Gasteiger partial charge in [0.05, 0.1) is 31.6 Å². The van der Waals surface area contributed by atoms with Crippen molar-refractivity contribution in [2.75, 3.05) is 7.11 Å². The van der Waals surface area contributed by atoms with Crippen LogP contribution in [0.25, 0.3) is 22.5 Å². The number of halogens is 1. The number of unbranched alkanes of at least 4 members (excludes halogenated alkanes) is 1. The molecule has 0 fully saturated rings. The average molecular weight is 571 g/mol. The summed E-state index contributed by atoms with van der Waals surface area (Å²) in [5, 5.41) is 15.0. The van der Waals surface area contributed by atoms with Gasteiger partial charge in [-0.25, -0.2) is 9.78 Å². The number of aromatic nitrogens is 6. The van der Waals surface area contributed by atoms with E-state index in [1.807, 2.05) is 30.3 Å². The maximum Gasteiger partial charge on any atom is 0.337 e. The van der Waals surface area contributed by atoms with Crippen LogP contribution in [-0.2, 0) is 35.7 Å². The number of methoxy groups -OCH3 is 1. The van der Waals surface area contributed by atoms with E-state index in [1.165, 1.54) is 7.11 Å². The first kappa shape index (κ1) is 28.2. The van der Waals surface area contributed by atoms with Crippen LogP contribution in [0, 0.1) is 0 Å². The molecule has 10 heteroatoms. The van der Waals surface area contributed by atoms with E-state index >= 15 is 0 Å². The summed E-state index contributed by atoms with van der Waals surface area (Å²) in [4.78, 5) is 16.6. The SMILES string of the molecule is CCCCc1nc(Cl)c(COCc2cccc(C(=O)OC)c2)n1Cc1ccc(-c2ccccc2-c2nn[nH]n2)cc1. The number of H-pyrrole nitrogens is 1. The maximum absolute atomic E-state index is 11.9. The summed E-state index contributed by atoms with van der Waals surface area (Å²) in [6, 6.07) is 23.6. The Morgan fingerprint density at radius 2 is 1.78 bits per heavy atom. The second-order valence-corrected chi connectivity index (χ2v) is 9.98. The Balaban J connectivity index is 1.35. The van der Waals surface area contributed by atoms with Crippen molar-refractivity contribution in [3.8, 4) is 22.5 Å². The average Bonchev–Trinajstić information content (AvgIpc) is 3.65. The zero-order chi connectivity index (χ0) is 28.6. The Bertz CT molecular complexity index is 1600. The van der Waals surface area contributed by atoms with Gasteiger partial charge in [0.15, 0.2) is 5.15 Å². The van der Waals surface area contributed by atoms with Gasteiger partial charge in [-0.05, 0) is 46.0 Å². The number of carbonyl (C=O) groups excluding carboxylic acids is 1. The van der Waals surface area contributed by atoms with Crippen molar-refractivity contribution in [3.63, 3.8) is 0 Å². The monoisotopic (exact) mass is 570 g/mol. The largest absolute Gasteiger partial charge is 0.465 e. The summed E-state index contributed by atoms with van der Waals surface area (Å²) in [6.07, 6.45) is 2.90. The highest BCUT2D eigenvalue weighted by Crippen LogP contribution is 2.30. The summed E-state index contributed by atoms with van der Waals surface area (Å²) in [7, 11) is 1.37. The fourth-order valence-corrected chi connectivity index (χ4v) is 4.96. The van der Waals surface area contributed by atoms with Crippen LogP contribution in [0.2, 0.25) is 5.15 Å². The first-order valence-electron chi connectivity index (χ1n) is 13.5. The van der Waals surface area contributed by atoms with E-state index in [9.17, 15) is 4.79 Å². The molecule has 0 aliphatic rings. The molecule has 5 rings (SSSR count). The van der Waals surface area contributed by atoms with Crippen molar-refractivity contribution in [2.45, 2.75) is 45.9 Å². The molecule has 0 unspecified atom stereocenters. The molecule has 0 saturated carbocycles. The second kappa shape index (κ2) is 13.3. The molecule has 1 N–H and O–H groups in total. The maximum atomic E-state index is 11.9. The number of hydrogen-bond donors (Lipinski definition) is 1. The smallest absolute Gasteiger partial charge is 0.337 e. The van der Waals surface area contributed by atoms with Gasteiger partial charge in [0.1, 0.15) is 5.82 Å². The number of aromatic amines is 1. The van der Waals surface area contributed by atoms with E-state index in [4.69, 9.17) is 21.1 Å². The van der Waals surface area contributed by atoms with Crippen molar-refractivity contribution in [1.82, 2.24) is 30.2 Å². The predicted molar refractivity (Wildman–Crippen MR) is 156 cm³/mol. The van der Waals surface area contributed by atoms with E-state index < -0.39 is 0 Å². The fraction of sp³-hybridized carbons (Fsp3) is 0.258. The van der Waals surface area contributed by atoms with Crippen LogP contribution >= 0.6 is 11.6 Å². The number of benzene rings is 3. The molecule has 0 bridgehead atoms. The number of rotatable bonds is 12. The molecule has 41 heavy (non-hydrogen) atoms. The number of ether oxygens (including phenoxy) is 2. The number of aryl methyl sites for hydroxylation is 1. The number of tetrazole rings is 1. The standard InChI is InChI=1S/C31H31ClN6O3/c1-3-4-12-28-33-29(32)27(20-41-19-22-8-7-9-24(17-22)31(39)40-2)38(28)18-21-13-15-23(16-14-21)25-10-5-6-11-26(25)30-34-36-37-35-30/h5-11,13-17H,3-4,12,18-20H2,1-2H3,(H,34,35,36,37). The van der Waals surface area contributed by atoms with Gasteiger partial charge in [0.2, 0.25) is 5.82 Å². The molecule has 0 atom stereocenters. The summed E-state index contributed by atoms with van der Waals surface area (Å²) >= 11 is 6.64. The minimum absolute atomic E-state index is 0.288. The third kappa shape index (κ3) is 6.70. The van der Waals surface area contributed by atoms with Crippen LogP contribution < -0.4 is 0 Å². The second-order valence-electron chi connectivity index (χ2n) is 9.62. The zero-order valence-electron chi connectivity index (χ0n) is 23.0. The van der Waals surface area contributed by atoms with Crippen LogP contribution in [-0.4, -0.2) is 43.3 Å². The van der Waals surface area contributed by atoms with Gasteiger partial charge >= 0.3 is 5.97 Å². The van der Waals surface area contributed by atoms with Gasteiger partial charge in [0, 0.05) is 18.5 Å². The van der Waals surface area contributed by atoms with E-state index in [0.717, 1.165) is 58.6 Å². The quantitative estimate of drug-likeness (QED) is 0.176. The van der Waals surface area contributed by atoms with Gasteiger partial charge in [-0.15, -0.1) is 10.2 Å². The minimum atomic E-state index is -0.377. The van der Waals surface area contributed by atoms with Crippen LogP contribution in [0.4, 0.5) is 0 Å². The number of nitrogens with zero attached hydrogens (tertiary/aromatic N) is 5. The van der Waals surface area contributed by atoms with E-state index in [2.05, 4.69) is 67.4 Å². The topological polar surface area (TPSA) is 108 Å². The molecule has 0 amide bonds. The van der Waals surface area contributed by atoms with Gasteiger partial charge in [-0.2, -0.15) is 5.21 Å². The Kier molecular flexibility index (Phi) is 9.18. The summed E-state index contributed by atoms with van der Waals surface area (Å²) in [6.45, 7) is 3.39. The van der Waals surface area contributed by atoms with Gasteiger partial charge in [-0.3, -0.25) is 0 Å². The first-order valence-corrected chi connectivity index (χ1v) is 13.9. The highest BCUT2D eigenvalue weighted by molar-refractivity contribution is 6.30. The third-order valence-electron chi connectivity index (χ3n) is 6.83. The summed E-state index contributed by atoms with van der Waals surface area (Å²) in [5.74, 6) is 1.12. The number of esters is 1. The molecule has 0 aliphatic carbocycles. The molecule has 3 aromatic carbocycles. The number of nitrogens with one attached hydrogen (secondary N) is 1. The van der Waals surface area contributed by atoms with Crippen molar-refractivity contribution < 1.29 is 14.3 Å². The van der Waals surface area contributed by atoms with Gasteiger partial charge < -0.3 is 14.0 Å². The van der Waals surface area contributed by atoms with Gasteiger partial charge in [-0.1, -0.05) is 85.6 Å². The Hall–Kier alpha value is -4.34. The fourth-order valence-electron chi connectivity index (χ4n) is 4.70. The molecule has 0 aliphatic heterocycles. The van der Waals surface area contributed by atoms with Crippen molar-refractivity contribution in [1.29, 1.82) is 0 Å². The van der Waals surface area contributed by atoms with Crippen LogP contribution in [0.3, 0.4) is 0 Å². The summed E-state index contributed by atoms with van der Waals surface area (Å²) < 4.78 is 13.0. The number of hydrogen-bond acceptors (Lipinski definition) is 7. The normalized spacial score (nSPS) is 11.1. The van der Waals surface area contributed by atoms with Crippen molar-refractivity contribution in [2.24, 2.45) is 0 Å². The molecule has 210 valence electrons. The molecule has 2 heterocycles. The highest BCUT2D eigenvalue weighted by atomic mass is 35.5. The lowest BCUT2D eigenvalue weighted by atomic mass is 9.98. The Morgan fingerprint density at radius 3 is 2.51 bits per heavy atom. The molecule has 0 radical (unpaired) electrons. The molecule has 0 saturated heterocycles. The predicted octanol–water partition coefficient (Wildman–Crippen LogP) is 6.28. The third-order valence-corrected chi connectivity index (χ3v) is 7.13.